The Morgan fingerprint density at radius 2 is 2.20 bits per heavy atom. The van der Waals surface area contributed by atoms with Gasteiger partial charge in [-0.2, -0.15) is 0 Å². The van der Waals surface area contributed by atoms with E-state index >= 15 is 0 Å². The average Bonchev–Trinajstić information content (AvgIpc) is 2.94. The van der Waals surface area contributed by atoms with Gasteiger partial charge in [0.05, 0.1) is 0 Å². The van der Waals surface area contributed by atoms with Crippen molar-refractivity contribution in [2.24, 2.45) is 5.73 Å². The molecule has 0 aliphatic carbocycles. The van der Waals surface area contributed by atoms with Gasteiger partial charge in [-0.3, -0.25) is 4.79 Å². The van der Waals surface area contributed by atoms with Crippen LogP contribution in [0.3, 0.4) is 0 Å². The van der Waals surface area contributed by atoms with E-state index in [2.05, 4.69) is 5.32 Å². The Labute approximate surface area is 117 Å². The molecular weight excluding hydrogens is 256 g/mol. The van der Waals surface area contributed by atoms with Crippen molar-refractivity contribution in [1.29, 1.82) is 0 Å². The Balaban J connectivity index is 2.03. The van der Waals surface area contributed by atoms with Crippen LogP contribution in [-0.4, -0.2) is 19.1 Å². The third kappa shape index (κ3) is 3.61. The van der Waals surface area contributed by atoms with Gasteiger partial charge in [-0.25, -0.2) is 0 Å². The van der Waals surface area contributed by atoms with E-state index in [0.717, 1.165) is 12.2 Å². The van der Waals surface area contributed by atoms with Gasteiger partial charge in [0.2, 0.25) is 0 Å². The van der Waals surface area contributed by atoms with Crippen LogP contribution in [0, 0.1) is 0 Å². The van der Waals surface area contributed by atoms with Crippen molar-refractivity contribution in [3.05, 3.63) is 47.9 Å². The zero-order valence-electron chi connectivity index (χ0n) is 11.4. The summed E-state index contributed by atoms with van der Waals surface area (Å²) < 4.78 is 10.8. The molecule has 0 radical (unpaired) electrons. The van der Waals surface area contributed by atoms with Crippen LogP contribution in [0.4, 0.5) is 5.69 Å². The number of rotatable bonds is 6. The minimum absolute atomic E-state index is 0.277. The van der Waals surface area contributed by atoms with Crippen molar-refractivity contribution in [2.75, 3.05) is 18.5 Å². The molecule has 0 aliphatic rings. The molecule has 0 fully saturated rings. The van der Waals surface area contributed by atoms with Crippen LogP contribution in [0.15, 0.2) is 40.8 Å². The fourth-order valence-electron chi connectivity index (χ4n) is 1.72. The van der Waals surface area contributed by atoms with Crippen LogP contribution in [0.5, 0.6) is 5.75 Å². The minimum Gasteiger partial charge on any atom is -0.492 e. The van der Waals surface area contributed by atoms with Gasteiger partial charge < -0.3 is 20.2 Å². The summed E-state index contributed by atoms with van der Waals surface area (Å²) in [6, 6.07) is 10.6. The lowest BCUT2D eigenvalue weighted by Gasteiger charge is -2.07. The molecule has 2 aromatic rings. The number of benzene rings is 1. The van der Waals surface area contributed by atoms with Crippen molar-refractivity contribution in [1.82, 2.24) is 0 Å². The number of ether oxygens (including phenoxy) is 1. The molecule has 5 nitrogen and oxygen atoms in total. The number of nitrogens with one attached hydrogen (secondary N) is 1. The number of aryl methyl sites for hydroxylation is 1. The summed E-state index contributed by atoms with van der Waals surface area (Å²) in [4.78, 5) is 12.0. The van der Waals surface area contributed by atoms with Gasteiger partial charge in [0.15, 0.2) is 5.76 Å². The van der Waals surface area contributed by atoms with E-state index in [1.807, 2.05) is 13.0 Å². The molecule has 0 unspecified atom stereocenters. The molecule has 0 spiro atoms. The number of anilines is 1. The molecule has 2 rings (SSSR count). The molecule has 1 aromatic heterocycles. The lowest BCUT2D eigenvalue weighted by Crippen LogP contribution is -2.12. The average molecular weight is 274 g/mol. The highest BCUT2D eigenvalue weighted by atomic mass is 16.5. The van der Waals surface area contributed by atoms with Gasteiger partial charge in [-0.05, 0) is 24.3 Å². The number of carbonyl (C=O) groups is 1. The third-order valence-electron chi connectivity index (χ3n) is 2.71. The van der Waals surface area contributed by atoms with Crippen LogP contribution < -0.4 is 15.8 Å². The quantitative estimate of drug-likeness (QED) is 0.848. The van der Waals surface area contributed by atoms with Gasteiger partial charge in [0, 0.05) is 24.7 Å². The molecule has 1 amide bonds. The standard InChI is InChI=1S/C15H18N2O3/c1-2-12-6-7-14(20-12)15(18)17-11-4-3-5-13(10-11)19-9-8-16/h3-7,10H,2,8-9,16H2,1H3,(H,17,18). The molecule has 0 atom stereocenters. The van der Waals surface area contributed by atoms with E-state index in [4.69, 9.17) is 14.9 Å². The fourth-order valence-corrected chi connectivity index (χ4v) is 1.72. The largest absolute Gasteiger partial charge is 0.492 e. The zero-order valence-corrected chi connectivity index (χ0v) is 11.4. The highest BCUT2D eigenvalue weighted by molar-refractivity contribution is 6.02. The Morgan fingerprint density at radius 3 is 2.90 bits per heavy atom. The molecule has 5 heteroatoms. The number of hydrogen-bond donors (Lipinski definition) is 2. The fraction of sp³-hybridized carbons (Fsp3) is 0.267. The monoisotopic (exact) mass is 274 g/mol. The van der Waals surface area contributed by atoms with Crippen LogP contribution in [-0.2, 0) is 6.42 Å². The maximum absolute atomic E-state index is 12.0. The smallest absolute Gasteiger partial charge is 0.291 e. The second-order valence-corrected chi connectivity index (χ2v) is 4.24. The molecule has 1 heterocycles. The Kier molecular flexibility index (Phi) is 4.79. The molecule has 1 aromatic carbocycles. The summed E-state index contributed by atoms with van der Waals surface area (Å²) in [5, 5.41) is 2.77. The summed E-state index contributed by atoms with van der Waals surface area (Å²) in [5.74, 6) is 1.48. The van der Waals surface area contributed by atoms with Crippen LogP contribution in [0.25, 0.3) is 0 Å². The number of nitrogens with two attached hydrogens (primary N) is 1. The second kappa shape index (κ2) is 6.77. The first-order valence-corrected chi connectivity index (χ1v) is 6.56. The Morgan fingerprint density at radius 1 is 1.35 bits per heavy atom. The molecule has 20 heavy (non-hydrogen) atoms. The van der Waals surface area contributed by atoms with Crippen LogP contribution >= 0.6 is 0 Å². The summed E-state index contributed by atoms with van der Waals surface area (Å²) >= 11 is 0. The summed E-state index contributed by atoms with van der Waals surface area (Å²) in [7, 11) is 0. The maximum Gasteiger partial charge on any atom is 0.291 e. The SMILES string of the molecule is CCc1ccc(C(=O)Nc2cccc(OCCN)c2)o1. The minimum atomic E-state index is -0.277. The van der Waals surface area contributed by atoms with E-state index in [9.17, 15) is 4.79 Å². The Bertz CT molecular complexity index is 578. The predicted molar refractivity (Wildman–Crippen MR) is 77.0 cm³/mol. The van der Waals surface area contributed by atoms with E-state index < -0.39 is 0 Å². The molecule has 106 valence electrons. The molecule has 3 N–H and O–H groups in total. The molecule has 0 aliphatic heterocycles. The van der Waals surface area contributed by atoms with E-state index in [1.54, 1.807) is 30.3 Å². The van der Waals surface area contributed by atoms with Crippen LogP contribution in [0.2, 0.25) is 0 Å². The number of hydrogen-bond acceptors (Lipinski definition) is 4. The molecule has 0 bridgehead atoms. The molecule has 0 saturated carbocycles. The number of carbonyl (C=O) groups excluding carboxylic acids is 1. The number of furan rings is 1. The lowest BCUT2D eigenvalue weighted by atomic mass is 10.3. The zero-order chi connectivity index (χ0) is 14.4. The normalized spacial score (nSPS) is 10.3. The van der Waals surface area contributed by atoms with Gasteiger partial charge >= 0.3 is 0 Å². The van der Waals surface area contributed by atoms with Gasteiger partial charge in [0.1, 0.15) is 18.1 Å². The highest BCUT2D eigenvalue weighted by Crippen LogP contribution is 2.18. The number of amides is 1. The van der Waals surface area contributed by atoms with Crippen molar-refractivity contribution in [3.8, 4) is 5.75 Å². The summed E-state index contributed by atoms with van der Waals surface area (Å²) in [5.41, 5.74) is 6.03. The topological polar surface area (TPSA) is 77.5 Å². The maximum atomic E-state index is 12.0. The summed E-state index contributed by atoms with van der Waals surface area (Å²) in [6.07, 6.45) is 0.760. The lowest BCUT2D eigenvalue weighted by molar-refractivity contribution is 0.0995. The van der Waals surface area contributed by atoms with Crippen molar-refractivity contribution in [3.63, 3.8) is 0 Å². The van der Waals surface area contributed by atoms with Gasteiger partial charge in [-0.15, -0.1) is 0 Å². The van der Waals surface area contributed by atoms with Gasteiger partial charge in [0.25, 0.3) is 5.91 Å². The molecular formula is C15H18N2O3. The Hall–Kier alpha value is -2.27. The van der Waals surface area contributed by atoms with Crippen molar-refractivity contribution >= 4 is 11.6 Å². The first-order chi connectivity index (χ1) is 9.72. The first kappa shape index (κ1) is 14.1. The third-order valence-corrected chi connectivity index (χ3v) is 2.71. The first-order valence-electron chi connectivity index (χ1n) is 6.56. The molecule has 0 saturated heterocycles. The van der Waals surface area contributed by atoms with Crippen molar-refractivity contribution in [2.45, 2.75) is 13.3 Å². The van der Waals surface area contributed by atoms with E-state index in [-0.39, 0.29) is 5.91 Å². The van der Waals surface area contributed by atoms with Gasteiger partial charge in [-0.1, -0.05) is 13.0 Å². The second-order valence-electron chi connectivity index (χ2n) is 4.24. The summed E-state index contributed by atoms with van der Waals surface area (Å²) in [6.45, 7) is 2.86. The predicted octanol–water partition coefficient (Wildman–Crippen LogP) is 2.43. The van der Waals surface area contributed by atoms with Crippen molar-refractivity contribution < 1.29 is 13.9 Å². The van der Waals surface area contributed by atoms with E-state index in [0.29, 0.717) is 30.3 Å². The van der Waals surface area contributed by atoms with Crippen LogP contribution in [0.1, 0.15) is 23.2 Å². The van der Waals surface area contributed by atoms with E-state index in [1.165, 1.54) is 0 Å². The highest BCUT2D eigenvalue weighted by Gasteiger charge is 2.11.